The molecule has 1 rings (SSSR count). The molecule has 0 aliphatic heterocycles. The first kappa shape index (κ1) is 10.6. The molecule has 2 N–H and O–H groups in total. The highest BCUT2D eigenvalue weighted by atomic mass is 19.4. The highest BCUT2D eigenvalue weighted by Crippen LogP contribution is 2.36. The van der Waals surface area contributed by atoms with Gasteiger partial charge in [0.15, 0.2) is 0 Å². The molecule has 0 saturated heterocycles. The molecule has 0 bridgehead atoms. The van der Waals surface area contributed by atoms with Crippen LogP contribution < -0.4 is 0 Å². The van der Waals surface area contributed by atoms with E-state index in [-0.39, 0.29) is 19.3 Å². The predicted molar refractivity (Wildman–Crippen MR) is 41.7 cm³/mol. The molecule has 0 fully saturated rings. The molecule has 0 amide bonds. The van der Waals surface area contributed by atoms with Crippen molar-refractivity contribution in [2.75, 3.05) is 0 Å². The minimum absolute atomic E-state index is 0.0487. The quantitative estimate of drug-likeness (QED) is 0.617. The Balaban J connectivity index is 2.56. The molecule has 0 saturated carbocycles. The summed E-state index contributed by atoms with van der Waals surface area (Å²) in [6, 6.07) is 0. The first-order valence-electron chi connectivity index (χ1n) is 4.03. The lowest BCUT2D eigenvalue weighted by Gasteiger charge is -2.23. The molecule has 0 aromatic heterocycles. The van der Waals surface area contributed by atoms with Crippen molar-refractivity contribution in [3.63, 3.8) is 0 Å². The van der Waals surface area contributed by atoms with Crippen molar-refractivity contribution >= 4 is 7.12 Å². The minimum atomic E-state index is -4.16. The van der Waals surface area contributed by atoms with Crippen molar-refractivity contribution in [3.8, 4) is 0 Å². The Labute approximate surface area is 74.2 Å². The summed E-state index contributed by atoms with van der Waals surface area (Å²) in [5, 5.41) is 17.3. The summed E-state index contributed by atoms with van der Waals surface area (Å²) in [5.74, 6) is -1.32. The summed E-state index contributed by atoms with van der Waals surface area (Å²) in [6.45, 7) is 0. The van der Waals surface area contributed by atoms with Crippen LogP contribution in [0.4, 0.5) is 13.2 Å². The third kappa shape index (κ3) is 2.74. The maximum atomic E-state index is 12.1. The first-order valence-corrected chi connectivity index (χ1v) is 4.03. The summed E-state index contributed by atoms with van der Waals surface area (Å²) in [6.07, 6.45) is -2.97. The molecule has 1 aliphatic rings. The third-order valence-electron chi connectivity index (χ3n) is 2.24. The van der Waals surface area contributed by atoms with Gasteiger partial charge in [0.05, 0.1) is 5.92 Å². The van der Waals surface area contributed by atoms with Gasteiger partial charge < -0.3 is 10.0 Å². The van der Waals surface area contributed by atoms with Crippen LogP contribution in [0, 0.1) is 5.92 Å². The van der Waals surface area contributed by atoms with Crippen molar-refractivity contribution in [3.05, 3.63) is 11.5 Å². The maximum absolute atomic E-state index is 12.1. The highest BCUT2D eigenvalue weighted by Gasteiger charge is 2.40. The molecule has 13 heavy (non-hydrogen) atoms. The molecule has 0 aromatic rings. The summed E-state index contributed by atoms with van der Waals surface area (Å²) >= 11 is 0. The Hall–Kier alpha value is -0.485. The van der Waals surface area contributed by atoms with E-state index in [1.807, 2.05) is 0 Å². The maximum Gasteiger partial charge on any atom is 0.483 e. The van der Waals surface area contributed by atoms with Crippen LogP contribution in [0.1, 0.15) is 19.3 Å². The fourth-order valence-electron chi connectivity index (χ4n) is 1.39. The Kier molecular flexibility index (Phi) is 3.03. The highest BCUT2D eigenvalue weighted by molar-refractivity contribution is 6.50. The minimum Gasteiger partial charge on any atom is -0.423 e. The van der Waals surface area contributed by atoms with Gasteiger partial charge in [0.25, 0.3) is 0 Å². The van der Waals surface area contributed by atoms with Gasteiger partial charge in [-0.2, -0.15) is 13.2 Å². The smallest absolute Gasteiger partial charge is 0.423 e. The average Bonchev–Trinajstić information content (AvgIpc) is 2.03. The van der Waals surface area contributed by atoms with E-state index in [0.29, 0.717) is 5.47 Å². The van der Waals surface area contributed by atoms with Crippen molar-refractivity contribution in [1.29, 1.82) is 0 Å². The third-order valence-corrected chi connectivity index (χ3v) is 2.24. The lowest BCUT2D eigenvalue weighted by molar-refractivity contribution is -0.176. The van der Waals surface area contributed by atoms with Crippen molar-refractivity contribution in [1.82, 2.24) is 0 Å². The molecule has 1 atom stereocenters. The summed E-state index contributed by atoms with van der Waals surface area (Å²) in [5.41, 5.74) is 0.292. The zero-order valence-corrected chi connectivity index (χ0v) is 6.88. The number of hydrogen-bond donors (Lipinski definition) is 2. The van der Waals surface area contributed by atoms with Crippen LogP contribution in [-0.2, 0) is 0 Å². The van der Waals surface area contributed by atoms with Gasteiger partial charge >= 0.3 is 13.3 Å². The van der Waals surface area contributed by atoms with Crippen LogP contribution in [0.2, 0.25) is 0 Å². The van der Waals surface area contributed by atoms with E-state index < -0.39 is 19.2 Å². The van der Waals surface area contributed by atoms with Gasteiger partial charge in [0.1, 0.15) is 0 Å². The molecule has 0 radical (unpaired) electrons. The second kappa shape index (κ2) is 3.71. The Bertz CT molecular complexity index is 212. The van der Waals surface area contributed by atoms with E-state index >= 15 is 0 Å². The topological polar surface area (TPSA) is 40.5 Å². The second-order valence-electron chi connectivity index (χ2n) is 3.17. The van der Waals surface area contributed by atoms with Crippen molar-refractivity contribution < 1.29 is 23.2 Å². The van der Waals surface area contributed by atoms with Crippen LogP contribution in [0.15, 0.2) is 11.5 Å². The molecule has 0 unspecified atom stereocenters. The van der Waals surface area contributed by atoms with Crippen LogP contribution in [0.5, 0.6) is 0 Å². The molecule has 2 nitrogen and oxygen atoms in total. The van der Waals surface area contributed by atoms with Gasteiger partial charge in [-0.05, 0) is 24.7 Å². The number of rotatable bonds is 1. The molecule has 1 aliphatic carbocycles. The van der Waals surface area contributed by atoms with E-state index in [1.54, 1.807) is 0 Å². The van der Waals surface area contributed by atoms with Gasteiger partial charge in [-0.25, -0.2) is 0 Å². The molecule has 74 valence electrons. The zero-order valence-electron chi connectivity index (χ0n) is 6.88. The van der Waals surface area contributed by atoms with Gasteiger partial charge in [0.2, 0.25) is 0 Å². The van der Waals surface area contributed by atoms with E-state index in [2.05, 4.69) is 0 Å². The molecule has 0 aromatic carbocycles. The number of halogens is 3. The standard InChI is InChI=1S/C7H10BF3O2/c9-7(10,11)5-1-3-6(4-2-5)8(12)13/h3,5,12-13H,1-2,4H2/t5-/m1/s1. The number of hydrogen-bond acceptors (Lipinski definition) is 2. The van der Waals surface area contributed by atoms with Gasteiger partial charge in [-0.1, -0.05) is 6.08 Å². The van der Waals surface area contributed by atoms with Crippen LogP contribution in [0.3, 0.4) is 0 Å². The lowest BCUT2D eigenvalue weighted by Crippen LogP contribution is -2.27. The molecular formula is C7H10BF3O2. The van der Waals surface area contributed by atoms with Gasteiger partial charge in [-0.15, -0.1) is 0 Å². The Morgan fingerprint density at radius 2 is 2.00 bits per heavy atom. The van der Waals surface area contributed by atoms with E-state index in [4.69, 9.17) is 10.0 Å². The average molecular weight is 194 g/mol. The number of alkyl halides is 3. The lowest BCUT2D eigenvalue weighted by atomic mass is 9.71. The summed E-state index contributed by atoms with van der Waals surface area (Å²) < 4.78 is 36.3. The van der Waals surface area contributed by atoms with Crippen LogP contribution in [-0.4, -0.2) is 23.3 Å². The monoisotopic (exact) mass is 194 g/mol. The molecule has 0 heterocycles. The van der Waals surface area contributed by atoms with E-state index in [9.17, 15) is 13.2 Å². The number of allylic oxidation sites excluding steroid dienone is 2. The van der Waals surface area contributed by atoms with Crippen LogP contribution >= 0.6 is 0 Å². The van der Waals surface area contributed by atoms with Gasteiger partial charge in [-0.3, -0.25) is 0 Å². The molecule has 6 heteroatoms. The summed E-state index contributed by atoms with van der Waals surface area (Å²) in [7, 11) is -1.60. The van der Waals surface area contributed by atoms with E-state index in [1.165, 1.54) is 6.08 Å². The fraction of sp³-hybridized carbons (Fsp3) is 0.714. The first-order chi connectivity index (χ1) is 5.91. The van der Waals surface area contributed by atoms with E-state index in [0.717, 1.165) is 0 Å². The Morgan fingerprint density at radius 1 is 1.38 bits per heavy atom. The largest absolute Gasteiger partial charge is 0.483 e. The SMILES string of the molecule is OB(O)C1=CC[C@@H](C(F)(F)F)CC1. The van der Waals surface area contributed by atoms with Gasteiger partial charge in [0, 0.05) is 0 Å². The zero-order chi connectivity index (χ0) is 10.1. The summed E-state index contributed by atoms with van der Waals surface area (Å²) in [4.78, 5) is 0. The fourth-order valence-corrected chi connectivity index (χ4v) is 1.39. The normalized spacial score (nSPS) is 24.1. The Morgan fingerprint density at radius 3 is 2.31 bits per heavy atom. The molecular weight excluding hydrogens is 184 g/mol. The predicted octanol–water partition coefficient (Wildman–Crippen LogP) is 1.29. The van der Waals surface area contributed by atoms with Crippen LogP contribution in [0.25, 0.3) is 0 Å². The molecule has 0 spiro atoms. The van der Waals surface area contributed by atoms with Crippen molar-refractivity contribution in [2.45, 2.75) is 25.4 Å². The van der Waals surface area contributed by atoms with Crippen molar-refractivity contribution in [2.24, 2.45) is 5.92 Å². The second-order valence-corrected chi connectivity index (χ2v) is 3.17.